The molecule has 0 amide bonds. The number of hydrogen-bond acceptors (Lipinski definition) is 2. The first kappa shape index (κ1) is 9.46. The average Bonchev–Trinajstić information content (AvgIpc) is 2.52. The van der Waals surface area contributed by atoms with E-state index in [0.717, 1.165) is 12.3 Å². The number of thiazole rings is 1. The maximum atomic E-state index is 5.37. The molecule has 1 aromatic carbocycles. The molecule has 3 heteroatoms. The second kappa shape index (κ2) is 3.58. The van der Waals surface area contributed by atoms with E-state index < -0.39 is 0 Å². The minimum Gasteiger partial charge on any atom is -0.490 e. The number of ether oxygens (including phenoxy) is 1. The Bertz CT molecular complexity index is 462. The fourth-order valence-corrected chi connectivity index (χ4v) is 2.87. The maximum Gasteiger partial charge on any atom is 0.266 e. The van der Waals surface area contributed by atoms with Gasteiger partial charge in [0.15, 0.2) is 5.75 Å². The summed E-state index contributed by atoms with van der Waals surface area (Å²) in [5, 5.41) is 1.33. The van der Waals surface area contributed by atoms with Crippen molar-refractivity contribution in [2.24, 2.45) is 0 Å². The van der Waals surface area contributed by atoms with Gasteiger partial charge in [0.1, 0.15) is 11.2 Å². The van der Waals surface area contributed by atoms with Gasteiger partial charge in [0.05, 0.1) is 7.11 Å². The van der Waals surface area contributed by atoms with Crippen LogP contribution in [0.4, 0.5) is 0 Å². The van der Waals surface area contributed by atoms with E-state index in [2.05, 4.69) is 24.5 Å². The molecule has 2 rings (SSSR count). The number of aromatic nitrogens is 1. The van der Waals surface area contributed by atoms with Crippen molar-refractivity contribution < 1.29 is 9.30 Å². The SMILES string of the molecule is CC[n+]1c(C)sc2cccc(OC)c21. The van der Waals surface area contributed by atoms with E-state index in [-0.39, 0.29) is 0 Å². The van der Waals surface area contributed by atoms with E-state index in [1.54, 1.807) is 7.11 Å². The van der Waals surface area contributed by atoms with Crippen LogP contribution < -0.4 is 9.30 Å². The third-order valence-electron chi connectivity index (χ3n) is 2.41. The highest BCUT2D eigenvalue weighted by molar-refractivity contribution is 7.18. The van der Waals surface area contributed by atoms with E-state index in [0.29, 0.717) is 0 Å². The van der Waals surface area contributed by atoms with Crippen molar-refractivity contribution in [3.05, 3.63) is 23.2 Å². The van der Waals surface area contributed by atoms with Crippen LogP contribution in [0, 0.1) is 6.92 Å². The molecule has 0 unspecified atom stereocenters. The van der Waals surface area contributed by atoms with Crippen molar-refractivity contribution in [3.63, 3.8) is 0 Å². The molecule has 14 heavy (non-hydrogen) atoms. The van der Waals surface area contributed by atoms with Crippen molar-refractivity contribution in [2.45, 2.75) is 20.4 Å². The highest BCUT2D eigenvalue weighted by Crippen LogP contribution is 2.27. The zero-order valence-electron chi connectivity index (χ0n) is 8.70. The monoisotopic (exact) mass is 208 g/mol. The zero-order valence-corrected chi connectivity index (χ0v) is 9.52. The summed E-state index contributed by atoms with van der Waals surface area (Å²) in [4.78, 5) is 0. The molecule has 74 valence electrons. The van der Waals surface area contributed by atoms with Crippen LogP contribution in [0.15, 0.2) is 18.2 Å². The molecular weight excluding hydrogens is 194 g/mol. The number of nitrogens with zero attached hydrogens (tertiary/aromatic N) is 1. The first-order chi connectivity index (χ1) is 6.77. The lowest BCUT2D eigenvalue weighted by Crippen LogP contribution is -2.33. The molecule has 1 heterocycles. The van der Waals surface area contributed by atoms with Gasteiger partial charge in [0.25, 0.3) is 5.52 Å². The molecule has 0 N–H and O–H groups in total. The number of methoxy groups -OCH3 is 1. The first-order valence-electron chi connectivity index (χ1n) is 4.74. The molecule has 0 aliphatic rings. The van der Waals surface area contributed by atoms with Crippen LogP contribution in [0.2, 0.25) is 0 Å². The lowest BCUT2D eigenvalue weighted by molar-refractivity contribution is -0.669. The minimum absolute atomic E-state index is 0.966. The van der Waals surface area contributed by atoms with Gasteiger partial charge < -0.3 is 4.74 Å². The Morgan fingerprint density at radius 1 is 1.43 bits per heavy atom. The molecule has 0 atom stereocenters. The zero-order chi connectivity index (χ0) is 10.1. The van der Waals surface area contributed by atoms with Gasteiger partial charge >= 0.3 is 0 Å². The number of fused-ring (bicyclic) bond motifs is 1. The number of benzene rings is 1. The topological polar surface area (TPSA) is 13.1 Å². The van der Waals surface area contributed by atoms with Gasteiger partial charge in [-0.15, -0.1) is 0 Å². The van der Waals surface area contributed by atoms with Gasteiger partial charge in [-0.2, -0.15) is 4.57 Å². The minimum atomic E-state index is 0.966. The van der Waals surface area contributed by atoms with Crippen molar-refractivity contribution in [2.75, 3.05) is 7.11 Å². The molecule has 0 aliphatic heterocycles. The second-order valence-electron chi connectivity index (χ2n) is 3.17. The van der Waals surface area contributed by atoms with Crippen LogP contribution in [0.25, 0.3) is 10.2 Å². The van der Waals surface area contributed by atoms with Gasteiger partial charge in [-0.25, -0.2) is 0 Å². The lowest BCUT2D eigenvalue weighted by atomic mass is 10.3. The van der Waals surface area contributed by atoms with E-state index in [1.165, 1.54) is 15.2 Å². The fraction of sp³-hybridized carbons (Fsp3) is 0.364. The number of rotatable bonds is 2. The molecular formula is C11H14NOS+. The van der Waals surface area contributed by atoms with Gasteiger partial charge in [0, 0.05) is 6.92 Å². The van der Waals surface area contributed by atoms with E-state index in [4.69, 9.17) is 4.74 Å². The Morgan fingerprint density at radius 3 is 2.86 bits per heavy atom. The third kappa shape index (κ3) is 1.28. The van der Waals surface area contributed by atoms with Crippen molar-refractivity contribution in [3.8, 4) is 5.75 Å². The van der Waals surface area contributed by atoms with Gasteiger partial charge in [-0.1, -0.05) is 17.4 Å². The molecule has 0 saturated carbocycles. The summed E-state index contributed by atoms with van der Waals surface area (Å²) in [5.74, 6) is 0.966. The van der Waals surface area contributed by atoms with E-state index in [9.17, 15) is 0 Å². The number of aryl methyl sites for hydroxylation is 2. The van der Waals surface area contributed by atoms with Crippen molar-refractivity contribution >= 4 is 21.6 Å². The third-order valence-corrected chi connectivity index (χ3v) is 3.47. The fourth-order valence-electron chi connectivity index (χ4n) is 1.77. The normalized spacial score (nSPS) is 10.8. The quantitative estimate of drug-likeness (QED) is 0.691. The number of hydrogen-bond donors (Lipinski definition) is 0. The summed E-state index contributed by atoms with van der Waals surface area (Å²) in [6.07, 6.45) is 0. The van der Waals surface area contributed by atoms with Gasteiger partial charge in [-0.3, -0.25) is 0 Å². The highest BCUT2D eigenvalue weighted by Gasteiger charge is 2.19. The predicted molar refractivity (Wildman–Crippen MR) is 59.0 cm³/mol. The molecule has 0 radical (unpaired) electrons. The van der Waals surface area contributed by atoms with Gasteiger partial charge in [0.2, 0.25) is 5.01 Å². The first-order valence-corrected chi connectivity index (χ1v) is 5.55. The Balaban J connectivity index is 2.82. The van der Waals surface area contributed by atoms with E-state index in [1.807, 2.05) is 23.5 Å². The molecule has 0 aliphatic carbocycles. The van der Waals surface area contributed by atoms with Gasteiger partial charge in [-0.05, 0) is 19.1 Å². The van der Waals surface area contributed by atoms with Crippen molar-refractivity contribution in [1.82, 2.24) is 0 Å². The molecule has 0 spiro atoms. The molecule has 1 aromatic heterocycles. The molecule has 2 aromatic rings. The van der Waals surface area contributed by atoms with Crippen LogP contribution >= 0.6 is 11.3 Å². The lowest BCUT2D eigenvalue weighted by Gasteiger charge is -1.98. The Labute approximate surface area is 87.8 Å². The summed E-state index contributed by atoms with van der Waals surface area (Å²) in [6.45, 7) is 5.30. The second-order valence-corrected chi connectivity index (χ2v) is 4.41. The Morgan fingerprint density at radius 2 is 2.21 bits per heavy atom. The molecule has 0 fully saturated rings. The van der Waals surface area contributed by atoms with E-state index >= 15 is 0 Å². The Hall–Kier alpha value is -1.09. The van der Waals surface area contributed by atoms with Crippen LogP contribution in [0.1, 0.15) is 11.9 Å². The largest absolute Gasteiger partial charge is 0.490 e. The van der Waals surface area contributed by atoms with Crippen LogP contribution in [0.5, 0.6) is 5.75 Å². The summed E-state index contributed by atoms with van der Waals surface area (Å²) >= 11 is 1.82. The summed E-state index contributed by atoms with van der Waals surface area (Å²) < 4.78 is 8.95. The molecule has 0 saturated heterocycles. The average molecular weight is 208 g/mol. The molecule has 2 nitrogen and oxygen atoms in total. The summed E-state index contributed by atoms with van der Waals surface area (Å²) in [7, 11) is 1.72. The summed E-state index contributed by atoms with van der Waals surface area (Å²) in [6, 6.07) is 6.19. The highest BCUT2D eigenvalue weighted by atomic mass is 32.1. The number of para-hydroxylation sites is 1. The maximum absolute atomic E-state index is 5.37. The van der Waals surface area contributed by atoms with Crippen LogP contribution in [-0.4, -0.2) is 7.11 Å². The van der Waals surface area contributed by atoms with Crippen molar-refractivity contribution in [1.29, 1.82) is 0 Å². The Kier molecular flexibility index (Phi) is 2.42. The summed E-state index contributed by atoms with van der Waals surface area (Å²) in [5.41, 5.74) is 1.22. The van der Waals surface area contributed by atoms with Crippen LogP contribution in [0.3, 0.4) is 0 Å². The van der Waals surface area contributed by atoms with Crippen LogP contribution in [-0.2, 0) is 6.54 Å². The molecule has 0 bridgehead atoms. The standard InChI is InChI=1S/C11H14NOS/c1-4-12-8(2)14-10-7-5-6-9(13-3)11(10)12/h5-7H,4H2,1-3H3/q+1. The smallest absolute Gasteiger partial charge is 0.266 e. The predicted octanol–water partition coefficient (Wildman–Crippen LogP) is 2.53.